The molecule has 0 aliphatic heterocycles. The van der Waals surface area contributed by atoms with Crippen LogP contribution in [0.2, 0.25) is 0 Å². The van der Waals surface area contributed by atoms with E-state index in [0.29, 0.717) is 5.76 Å². The van der Waals surface area contributed by atoms with Gasteiger partial charge >= 0.3 is 11.9 Å². The quantitative estimate of drug-likeness (QED) is 0.688. The van der Waals surface area contributed by atoms with Crippen molar-refractivity contribution in [2.45, 2.75) is 19.4 Å². The van der Waals surface area contributed by atoms with Gasteiger partial charge in [0.25, 0.3) is 0 Å². The summed E-state index contributed by atoms with van der Waals surface area (Å²) >= 11 is 0. The average Bonchev–Trinajstić information content (AvgIpc) is 2.75. The molecule has 1 aromatic heterocycles. The molecule has 5 nitrogen and oxygen atoms in total. The number of carbonyl (C=O) groups is 2. The molecule has 5 heteroatoms. The average molecular weight is 212 g/mol. The minimum atomic E-state index is -0.447. The van der Waals surface area contributed by atoms with Gasteiger partial charge < -0.3 is 13.9 Å². The molecule has 0 N–H and O–H groups in total. The van der Waals surface area contributed by atoms with Crippen LogP contribution in [0, 0.1) is 0 Å². The van der Waals surface area contributed by atoms with Gasteiger partial charge in [0.15, 0.2) is 0 Å². The van der Waals surface area contributed by atoms with E-state index in [-0.39, 0.29) is 19.4 Å². The lowest BCUT2D eigenvalue weighted by molar-refractivity contribution is -0.150. The maximum atomic E-state index is 11.1. The van der Waals surface area contributed by atoms with Crippen molar-refractivity contribution in [1.29, 1.82) is 0 Å². The number of hydrogen-bond acceptors (Lipinski definition) is 5. The molecule has 1 aromatic rings. The number of furan rings is 1. The molecular weight excluding hydrogens is 200 g/mol. The molecule has 0 fully saturated rings. The van der Waals surface area contributed by atoms with Crippen LogP contribution in [0.1, 0.15) is 18.6 Å². The van der Waals surface area contributed by atoms with Crippen LogP contribution in [-0.2, 0) is 25.7 Å². The fourth-order valence-corrected chi connectivity index (χ4v) is 0.925. The van der Waals surface area contributed by atoms with Crippen molar-refractivity contribution in [3.05, 3.63) is 24.2 Å². The summed E-state index contributed by atoms with van der Waals surface area (Å²) in [5.74, 6) is -0.303. The maximum Gasteiger partial charge on any atom is 0.306 e. The van der Waals surface area contributed by atoms with Gasteiger partial charge in [0.1, 0.15) is 12.4 Å². The summed E-state index contributed by atoms with van der Waals surface area (Å²) in [4.78, 5) is 21.8. The third-order valence-electron chi connectivity index (χ3n) is 1.72. The molecule has 15 heavy (non-hydrogen) atoms. The normalized spacial score (nSPS) is 9.67. The fraction of sp³-hybridized carbons (Fsp3) is 0.400. The first-order valence-corrected chi connectivity index (χ1v) is 4.47. The van der Waals surface area contributed by atoms with Crippen molar-refractivity contribution >= 4 is 11.9 Å². The first-order chi connectivity index (χ1) is 7.22. The second-order valence-electron chi connectivity index (χ2n) is 2.82. The third-order valence-corrected chi connectivity index (χ3v) is 1.72. The Bertz CT molecular complexity index is 315. The Morgan fingerprint density at radius 3 is 2.67 bits per heavy atom. The van der Waals surface area contributed by atoms with Crippen molar-refractivity contribution in [2.75, 3.05) is 7.11 Å². The number of esters is 2. The standard InChI is InChI=1S/C10H12O5/c1-13-9(11)4-5-10(12)15-7-8-3-2-6-14-8/h2-3,6H,4-5,7H2,1H3. The van der Waals surface area contributed by atoms with Crippen molar-refractivity contribution in [3.8, 4) is 0 Å². The second kappa shape index (κ2) is 5.85. The summed E-state index contributed by atoms with van der Waals surface area (Å²) in [5.41, 5.74) is 0. The smallest absolute Gasteiger partial charge is 0.306 e. The van der Waals surface area contributed by atoms with E-state index in [0.717, 1.165) is 0 Å². The summed E-state index contributed by atoms with van der Waals surface area (Å²) in [6, 6.07) is 3.41. The van der Waals surface area contributed by atoms with Crippen LogP contribution >= 0.6 is 0 Å². The first-order valence-electron chi connectivity index (χ1n) is 4.47. The van der Waals surface area contributed by atoms with Crippen LogP contribution in [0.3, 0.4) is 0 Å². The number of rotatable bonds is 5. The highest BCUT2D eigenvalue weighted by Gasteiger charge is 2.08. The van der Waals surface area contributed by atoms with Gasteiger partial charge in [-0.1, -0.05) is 0 Å². The summed E-state index contributed by atoms with van der Waals surface area (Å²) in [6.45, 7) is 0.0903. The van der Waals surface area contributed by atoms with Crippen molar-refractivity contribution in [1.82, 2.24) is 0 Å². The first kappa shape index (κ1) is 11.3. The number of carbonyl (C=O) groups excluding carboxylic acids is 2. The van der Waals surface area contributed by atoms with E-state index < -0.39 is 11.9 Å². The van der Waals surface area contributed by atoms with Crippen molar-refractivity contribution in [2.24, 2.45) is 0 Å². The van der Waals surface area contributed by atoms with Crippen LogP contribution in [0.5, 0.6) is 0 Å². The summed E-state index contributed by atoms with van der Waals surface area (Å²) in [5, 5.41) is 0. The molecule has 0 radical (unpaired) electrons. The largest absolute Gasteiger partial charge is 0.469 e. The summed E-state index contributed by atoms with van der Waals surface area (Å²) in [6.07, 6.45) is 1.55. The Morgan fingerprint density at radius 2 is 2.07 bits per heavy atom. The lowest BCUT2D eigenvalue weighted by Gasteiger charge is -2.01. The Balaban J connectivity index is 2.16. The Kier molecular flexibility index (Phi) is 4.40. The van der Waals surface area contributed by atoms with Gasteiger partial charge in [0.05, 0.1) is 26.2 Å². The molecule has 0 aromatic carbocycles. The molecule has 0 amide bonds. The lowest BCUT2D eigenvalue weighted by Crippen LogP contribution is -2.08. The Labute approximate surface area is 87.0 Å². The van der Waals surface area contributed by atoms with Crippen LogP contribution in [-0.4, -0.2) is 19.0 Å². The van der Waals surface area contributed by atoms with Gasteiger partial charge in [-0.25, -0.2) is 0 Å². The number of hydrogen-bond donors (Lipinski definition) is 0. The third kappa shape index (κ3) is 4.30. The molecule has 0 bridgehead atoms. The molecule has 1 rings (SSSR count). The summed E-state index contributed by atoms with van der Waals surface area (Å²) in [7, 11) is 1.27. The van der Waals surface area contributed by atoms with Gasteiger partial charge in [-0.3, -0.25) is 9.59 Å². The highest BCUT2D eigenvalue weighted by Crippen LogP contribution is 2.03. The molecule has 0 unspecified atom stereocenters. The molecule has 0 aliphatic carbocycles. The van der Waals surface area contributed by atoms with Gasteiger partial charge in [-0.15, -0.1) is 0 Å². The van der Waals surface area contributed by atoms with Crippen LogP contribution in [0.15, 0.2) is 22.8 Å². The van der Waals surface area contributed by atoms with E-state index in [1.165, 1.54) is 13.4 Å². The van der Waals surface area contributed by atoms with E-state index in [9.17, 15) is 9.59 Å². The Hall–Kier alpha value is -1.78. The predicted molar refractivity (Wildman–Crippen MR) is 49.8 cm³/mol. The highest BCUT2D eigenvalue weighted by atomic mass is 16.5. The summed E-state index contributed by atoms with van der Waals surface area (Å²) < 4.78 is 14.2. The molecule has 1 heterocycles. The van der Waals surface area contributed by atoms with E-state index in [1.807, 2.05) is 0 Å². The number of ether oxygens (including phenoxy) is 2. The fourth-order valence-electron chi connectivity index (χ4n) is 0.925. The van der Waals surface area contributed by atoms with Crippen LogP contribution in [0.4, 0.5) is 0 Å². The van der Waals surface area contributed by atoms with Gasteiger partial charge in [0.2, 0.25) is 0 Å². The van der Waals surface area contributed by atoms with Crippen molar-refractivity contribution in [3.63, 3.8) is 0 Å². The number of methoxy groups -OCH3 is 1. The zero-order chi connectivity index (χ0) is 11.1. The molecule has 0 aliphatic rings. The van der Waals surface area contributed by atoms with E-state index >= 15 is 0 Å². The van der Waals surface area contributed by atoms with Gasteiger partial charge in [0, 0.05) is 0 Å². The van der Waals surface area contributed by atoms with Gasteiger partial charge in [-0.2, -0.15) is 0 Å². The van der Waals surface area contributed by atoms with E-state index in [4.69, 9.17) is 9.15 Å². The van der Waals surface area contributed by atoms with Crippen molar-refractivity contribution < 1.29 is 23.5 Å². The lowest BCUT2D eigenvalue weighted by atomic mass is 10.3. The van der Waals surface area contributed by atoms with Gasteiger partial charge in [-0.05, 0) is 12.1 Å². The maximum absolute atomic E-state index is 11.1. The molecule has 0 saturated carbocycles. The monoisotopic (exact) mass is 212 g/mol. The molecular formula is C10H12O5. The minimum Gasteiger partial charge on any atom is -0.469 e. The predicted octanol–water partition coefficient (Wildman–Crippen LogP) is 1.28. The van der Waals surface area contributed by atoms with E-state index in [2.05, 4.69) is 4.74 Å². The van der Waals surface area contributed by atoms with Crippen LogP contribution in [0.25, 0.3) is 0 Å². The molecule has 82 valence electrons. The molecule has 0 atom stereocenters. The zero-order valence-corrected chi connectivity index (χ0v) is 8.39. The topological polar surface area (TPSA) is 65.7 Å². The molecule has 0 spiro atoms. The van der Waals surface area contributed by atoms with Crippen LogP contribution < -0.4 is 0 Å². The van der Waals surface area contributed by atoms with E-state index in [1.54, 1.807) is 12.1 Å². The Morgan fingerprint density at radius 1 is 1.33 bits per heavy atom. The second-order valence-corrected chi connectivity index (χ2v) is 2.82. The highest BCUT2D eigenvalue weighted by molar-refractivity contribution is 5.77. The SMILES string of the molecule is COC(=O)CCC(=O)OCc1ccco1. The minimum absolute atomic E-state index is 0.0212. The zero-order valence-electron chi connectivity index (χ0n) is 8.39. The molecule has 0 saturated heterocycles.